The second kappa shape index (κ2) is 3.36. The van der Waals surface area contributed by atoms with Gasteiger partial charge >= 0.3 is 0 Å². The molecule has 0 aromatic carbocycles. The van der Waals surface area contributed by atoms with Crippen LogP contribution in [0.1, 0.15) is 17.0 Å². The molecular formula is C10H12N4O. The molecule has 0 saturated carbocycles. The van der Waals surface area contributed by atoms with E-state index in [1.54, 1.807) is 10.8 Å². The van der Waals surface area contributed by atoms with E-state index in [2.05, 4.69) is 4.98 Å². The van der Waals surface area contributed by atoms with Crippen LogP contribution in [-0.2, 0) is 5.66 Å². The Morgan fingerprint density at radius 3 is 2.93 bits per heavy atom. The first kappa shape index (κ1) is 9.67. The number of imidazole rings is 1. The van der Waals surface area contributed by atoms with Gasteiger partial charge in [-0.3, -0.25) is 4.79 Å². The van der Waals surface area contributed by atoms with Gasteiger partial charge in [0.05, 0.1) is 0 Å². The van der Waals surface area contributed by atoms with Crippen LogP contribution in [-0.4, -0.2) is 15.5 Å². The molecule has 1 aromatic rings. The summed E-state index contributed by atoms with van der Waals surface area (Å²) in [4.78, 5) is 15.0. The topological polar surface area (TPSA) is 86.9 Å². The molecule has 1 amide bonds. The summed E-state index contributed by atoms with van der Waals surface area (Å²) >= 11 is 0. The van der Waals surface area contributed by atoms with Gasteiger partial charge in [-0.25, -0.2) is 4.98 Å². The molecule has 1 unspecified atom stereocenters. The Bertz CT molecular complexity index is 446. The molecule has 1 aromatic heterocycles. The van der Waals surface area contributed by atoms with Crippen LogP contribution >= 0.6 is 0 Å². The van der Waals surface area contributed by atoms with E-state index in [1.807, 2.05) is 24.3 Å². The lowest BCUT2D eigenvalue weighted by atomic mass is 10.0. The molecular weight excluding hydrogens is 192 g/mol. The number of nitrogens with two attached hydrogens (primary N) is 2. The normalized spacial score (nSPS) is 24.3. The standard InChI is InChI=1S/C10H12N4O/c11-8(15)9-13-6-7-14(9)10(12)4-2-1-3-5-10/h1-4,6-7H,5,12H2,(H2,11,15). The molecule has 5 heteroatoms. The Morgan fingerprint density at radius 2 is 2.33 bits per heavy atom. The molecule has 4 N–H and O–H groups in total. The van der Waals surface area contributed by atoms with Gasteiger partial charge in [0.1, 0.15) is 5.66 Å². The van der Waals surface area contributed by atoms with E-state index >= 15 is 0 Å². The Hall–Kier alpha value is -1.88. The van der Waals surface area contributed by atoms with Crippen molar-refractivity contribution < 1.29 is 4.79 Å². The maximum Gasteiger partial charge on any atom is 0.284 e. The van der Waals surface area contributed by atoms with Crippen LogP contribution in [0.15, 0.2) is 36.7 Å². The van der Waals surface area contributed by atoms with Crippen LogP contribution in [0, 0.1) is 0 Å². The first-order valence-electron chi connectivity index (χ1n) is 4.60. The van der Waals surface area contributed by atoms with E-state index in [0.717, 1.165) is 0 Å². The highest BCUT2D eigenvalue weighted by Crippen LogP contribution is 2.21. The third-order valence-electron chi connectivity index (χ3n) is 2.39. The fourth-order valence-corrected chi connectivity index (χ4v) is 1.63. The van der Waals surface area contributed by atoms with Gasteiger partial charge in [0, 0.05) is 18.8 Å². The lowest BCUT2D eigenvalue weighted by molar-refractivity contribution is 0.0980. The van der Waals surface area contributed by atoms with Gasteiger partial charge in [0.25, 0.3) is 5.91 Å². The fourth-order valence-electron chi connectivity index (χ4n) is 1.63. The molecule has 0 saturated heterocycles. The number of aromatic nitrogens is 2. The van der Waals surface area contributed by atoms with Gasteiger partial charge in [0.2, 0.25) is 5.82 Å². The predicted octanol–water partition coefficient (Wildman–Crippen LogP) is 0.110. The maximum atomic E-state index is 11.1. The highest BCUT2D eigenvalue weighted by atomic mass is 16.1. The number of allylic oxidation sites excluding steroid dienone is 2. The number of nitrogens with zero attached hydrogens (tertiary/aromatic N) is 2. The Morgan fingerprint density at radius 1 is 1.53 bits per heavy atom. The monoisotopic (exact) mass is 204 g/mol. The van der Waals surface area contributed by atoms with Crippen LogP contribution in [0.2, 0.25) is 0 Å². The molecule has 0 aliphatic heterocycles. The molecule has 2 rings (SSSR count). The van der Waals surface area contributed by atoms with Crippen molar-refractivity contribution in [2.24, 2.45) is 11.5 Å². The van der Waals surface area contributed by atoms with E-state index in [-0.39, 0.29) is 5.82 Å². The Labute approximate surface area is 87.1 Å². The molecule has 5 nitrogen and oxygen atoms in total. The minimum atomic E-state index is -0.740. The molecule has 1 heterocycles. The number of hydrogen-bond donors (Lipinski definition) is 2. The minimum Gasteiger partial charge on any atom is -0.363 e. The molecule has 1 atom stereocenters. The van der Waals surface area contributed by atoms with Crippen molar-refractivity contribution >= 4 is 5.91 Å². The van der Waals surface area contributed by atoms with Crippen molar-refractivity contribution in [1.29, 1.82) is 0 Å². The summed E-state index contributed by atoms with van der Waals surface area (Å²) in [7, 11) is 0. The predicted molar refractivity (Wildman–Crippen MR) is 55.8 cm³/mol. The smallest absolute Gasteiger partial charge is 0.284 e. The highest BCUT2D eigenvalue weighted by molar-refractivity contribution is 5.89. The molecule has 1 aliphatic carbocycles. The van der Waals surface area contributed by atoms with Crippen molar-refractivity contribution in [3.05, 3.63) is 42.5 Å². The lowest BCUT2D eigenvalue weighted by Gasteiger charge is -2.29. The zero-order chi connectivity index (χ0) is 10.9. The van der Waals surface area contributed by atoms with Crippen LogP contribution in [0.5, 0.6) is 0 Å². The summed E-state index contributed by atoms with van der Waals surface area (Å²) in [6.07, 6.45) is 11.3. The largest absolute Gasteiger partial charge is 0.363 e. The minimum absolute atomic E-state index is 0.178. The zero-order valence-electron chi connectivity index (χ0n) is 8.13. The van der Waals surface area contributed by atoms with Gasteiger partial charge in [-0.15, -0.1) is 0 Å². The summed E-state index contributed by atoms with van der Waals surface area (Å²) in [6, 6.07) is 0. The van der Waals surface area contributed by atoms with E-state index in [9.17, 15) is 4.79 Å². The summed E-state index contributed by atoms with van der Waals surface area (Å²) in [5.41, 5.74) is 10.6. The van der Waals surface area contributed by atoms with Crippen LogP contribution in [0.4, 0.5) is 0 Å². The van der Waals surface area contributed by atoms with Gasteiger partial charge in [-0.05, 0) is 6.08 Å². The second-order valence-corrected chi connectivity index (χ2v) is 3.47. The van der Waals surface area contributed by atoms with Gasteiger partial charge in [-0.2, -0.15) is 0 Å². The number of carbonyl (C=O) groups is 1. The Balaban J connectivity index is 2.45. The zero-order valence-corrected chi connectivity index (χ0v) is 8.13. The maximum absolute atomic E-state index is 11.1. The number of rotatable bonds is 2. The lowest BCUT2D eigenvalue weighted by Crippen LogP contribution is -2.43. The van der Waals surface area contributed by atoms with Crippen molar-refractivity contribution in [3.63, 3.8) is 0 Å². The first-order valence-corrected chi connectivity index (χ1v) is 4.60. The summed E-state index contributed by atoms with van der Waals surface area (Å²) < 4.78 is 1.59. The van der Waals surface area contributed by atoms with E-state index in [1.165, 1.54) is 6.20 Å². The number of amides is 1. The SMILES string of the molecule is NC(=O)c1nccn1C1(N)C=CC=CC1. The average Bonchev–Trinajstić information content (AvgIpc) is 2.67. The van der Waals surface area contributed by atoms with Crippen LogP contribution in [0.25, 0.3) is 0 Å². The summed E-state index contributed by atoms with van der Waals surface area (Å²) in [5.74, 6) is -0.398. The highest BCUT2D eigenvalue weighted by Gasteiger charge is 2.27. The molecule has 78 valence electrons. The van der Waals surface area contributed by atoms with Gasteiger partial charge in [0.15, 0.2) is 0 Å². The Kier molecular flexibility index (Phi) is 2.17. The van der Waals surface area contributed by atoms with Gasteiger partial charge in [-0.1, -0.05) is 18.2 Å². The molecule has 0 fully saturated rings. The quantitative estimate of drug-likeness (QED) is 0.716. The molecule has 0 bridgehead atoms. The van der Waals surface area contributed by atoms with Crippen molar-refractivity contribution in [3.8, 4) is 0 Å². The number of hydrogen-bond acceptors (Lipinski definition) is 3. The second-order valence-electron chi connectivity index (χ2n) is 3.47. The summed E-state index contributed by atoms with van der Waals surface area (Å²) in [6.45, 7) is 0. The van der Waals surface area contributed by atoms with Crippen molar-refractivity contribution in [2.45, 2.75) is 12.1 Å². The third kappa shape index (κ3) is 1.57. The molecule has 0 radical (unpaired) electrons. The van der Waals surface area contributed by atoms with Gasteiger partial charge < -0.3 is 16.0 Å². The summed E-state index contributed by atoms with van der Waals surface area (Å²) in [5, 5.41) is 0. The van der Waals surface area contributed by atoms with Crippen molar-refractivity contribution in [1.82, 2.24) is 9.55 Å². The van der Waals surface area contributed by atoms with E-state index in [0.29, 0.717) is 6.42 Å². The third-order valence-corrected chi connectivity index (χ3v) is 2.39. The molecule has 1 aliphatic rings. The van der Waals surface area contributed by atoms with Crippen LogP contribution in [0.3, 0.4) is 0 Å². The number of primary amides is 1. The van der Waals surface area contributed by atoms with E-state index in [4.69, 9.17) is 11.5 Å². The fraction of sp³-hybridized carbons (Fsp3) is 0.200. The van der Waals surface area contributed by atoms with Crippen LogP contribution < -0.4 is 11.5 Å². The average molecular weight is 204 g/mol. The first-order chi connectivity index (χ1) is 7.13. The van der Waals surface area contributed by atoms with Crippen molar-refractivity contribution in [2.75, 3.05) is 0 Å². The van der Waals surface area contributed by atoms with E-state index < -0.39 is 11.6 Å². The molecule has 15 heavy (non-hydrogen) atoms. The molecule has 0 spiro atoms. The number of carbonyl (C=O) groups excluding carboxylic acids is 1.